The Bertz CT molecular complexity index is 963. The van der Waals surface area contributed by atoms with Gasteiger partial charge in [0.1, 0.15) is 11.5 Å². The van der Waals surface area contributed by atoms with Crippen molar-refractivity contribution in [2.45, 2.75) is 105 Å². The van der Waals surface area contributed by atoms with Gasteiger partial charge in [-0.3, -0.25) is 0 Å². The van der Waals surface area contributed by atoms with E-state index >= 15 is 0 Å². The van der Waals surface area contributed by atoms with Gasteiger partial charge in [-0.05, 0) is 50.4 Å². The molecule has 38 heavy (non-hydrogen) atoms. The molecule has 0 bridgehead atoms. The van der Waals surface area contributed by atoms with Gasteiger partial charge in [0.2, 0.25) is 0 Å². The first kappa shape index (κ1) is 29.8. The number of benzene rings is 2. The smallest absolute Gasteiger partial charge is 0.434 e. The summed E-state index contributed by atoms with van der Waals surface area (Å²) in [6, 6.07) is 7.60. The maximum absolute atomic E-state index is 12.8. The van der Waals surface area contributed by atoms with E-state index in [4.69, 9.17) is 18.9 Å². The molecule has 1 aliphatic carbocycles. The Balaban J connectivity index is 1.81. The molecular formula is C32H46O6. The number of fused-ring (bicyclic) bond motifs is 2. The lowest BCUT2D eigenvalue weighted by Gasteiger charge is -2.24. The number of rotatable bonds is 14. The maximum atomic E-state index is 12.8. The molecule has 0 saturated heterocycles. The lowest BCUT2D eigenvalue weighted by atomic mass is 9.87. The molecule has 0 amide bonds. The zero-order chi connectivity index (χ0) is 27.3. The van der Waals surface area contributed by atoms with Gasteiger partial charge in [0.15, 0.2) is 0 Å². The summed E-state index contributed by atoms with van der Waals surface area (Å²) in [5, 5.41) is 1.47. The van der Waals surface area contributed by atoms with Gasteiger partial charge in [-0.2, -0.15) is 0 Å². The average Bonchev–Trinajstić information content (AvgIpc) is 2.95. The summed E-state index contributed by atoms with van der Waals surface area (Å²) >= 11 is 0. The van der Waals surface area contributed by atoms with E-state index in [9.17, 15) is 9.59 Å². The Morgan fingerprint density at radius 1 is 0.711 bits per heavy atom. The molecule has 210 valence electrons. The van der Waals surface area contributed by atoms with Crippen LogP contribution in [0.1, 0.15) is 103 Å². The first-order valence-corrected chi connectivity index (χ1v) is 14.8. The molecule has 6 heteroatoms. The van der Waals surface area contributed by atoms with Gasteiger partial charge in [0, 0.05) is 21.9 Å². The van der Waals surface area contributed by atoms with Gasteiger partial charge >= 0.3 is 12.3 Å². The van der Waals surface area contributed by atoms with Crippen LogP contribution in [0.25, 0.3) is 10.8 Å². The molecule has 0 radical (unpaired) electrons. The Hall–Kier alpha value is -2.76. The van der Waals surface area contributed by atoms with Gasteiger partial charge in [-0.1, -0.05) is 90.5 Å². The van der Waals surface area contributed by atoms with Crippen LogP contribution in [-0.4, -0.2) is 25.5 Å². The molecule has 0 heterocycles. The molecule has 2 aromatic rings. The predicted octanol–water partition coefficient (Wildman–Crippen LogP) is 9.18. The molecular weight excluding hydrogens is 480 g/mol. The van der Waals surface area contributed by atoms with Crippen molar-refractivity contribution in [1.29, 1.82) is 0 Å². The van der Waals surface area contributed by atoms with Crippen LogP contribution in [0.3, 0.4) is 0 Å². The van der Waals surface area contributed by atoms with Crippen molar-refractivity contribution in [1.82, 2.24) is 0 Å². The minimum absolute atomic E-state index is 0.337. The second-order valence-corrected chi connectivity index (χ2v) is 10.5. The van der Waals surface area contributed by atoms with Crippen LogP contribution in [0.2, 0.25) is 0 Å². The van der Waals surface area contributed by atoms with E-state index in [-0.39, 0.29) is 0 Å². The fourth-order valence-corrected chi connectivity index (χ4v) is 5.24. The van der Waals surface area contributed by atoms with Crippen molar-refractivity contribution in [3.05, 3.63) is 35.4 Å². The maximum Gasteiger partial charge on any atom is 0.513 e. The topological polar surface area (TPSA) is 71.1 Å². The van der Waals surface area contributed by atoms with Gasteiger partial charge in [0.25, 0.3) is 0 Å². The van der Waals surface area contributed by atoms with E-state index in [1.54, 1.807) is 0 Å². The van der Waals surface area contributed by atoms with Gasteiger partial charge < -0.3 is 18.9 Å². The number of carbonyl (C=O) groups excluding carboxylic acids is 2. The largest absolute Gasteiger partial charge is 0.513 e. The minimum Gasteiger partial charge on any atom is -0.434 e. The van der Waals surface area contributed by atoms with Crippen molar-refractivity contribution in [3.8, 4) is 11.5 Å². The second-order valence-electron chi connectivity index (χ2n) is 10.5. The zero-order valence-electron chi connectivity index (χ0n) is 23.8. The van der Waals surface area contributed by atoms with Crippen molar-refractivity contribution < 1.29 is 28.5 Å². The molecule has 0 aromatic heterocycles. The number of carbonyl (C=O) groups is 2. The standard InChI is InChI=1S/C32H46O6/c1-5-9-15-23(7-3)21-35-31(33)37-29-25-17-11-13-19-27(25)30(28-20-14-12-18-26(28)29)38-32(34)36-22-24(8-4)16-10-6-2/h11,13,17,19,23-24H,5-10,12,14-16,18,20-22H2,1-4H3. The normalized spacial score (nSPS) is 14.4. The molecule has 1 aliphatic rings. The molecule has 6 nitrogen and oxygen atoms in total. The summed E-state index contributed by atoms with van der Waals surface area (Å²) in [4.78, 5) is 25.6. The highest BCUT2D eigenvalue weighted by molar-refractivity contribution is 5.98. The van der Waals surface area contributed by atoms with Crippen molar-refractivity contribution in [2.75, 3.05) is 13.2 Å². The molecule has 2 aromatic carbocycles. The van der Waals surface area contributed by atoms with Crippen LogP contribution < -0.4 is 9.47 Å². The van der Waals surface area contributed by atoms with Crippen molar-refractivity contribution in [2.24, 2.45) is 11.8 Å². The third kappa shape index (κ3) is 8.12. The molecule has 3 rings (SSSR count). The van der Waals surface area contributed by atoms with Crippen molar-refractivity contribution >= 4 is 23.1 Å². The Morgan fingerprint density at radius 2 is 1.13 bits per heavy atom. The summed E-state index contributed by atoms with van der Waals surface area (Å²) in [6.07, 6.45) is 10.6. The van der Waals surface area contributed by atoms with Crippen LogP contribution in [0.4, 0.5) is 9.59 Å². The molecule has 0 N–H and O–H groups in total. The third-order valence-corrected chi connectivity index (χ3v) is 7.76. The molecule has 0 spiro atoms. The van der Waals surface area contributed by atoms with Crippen LogP contribution in [0, 0.1) is 11.8 Å². The molecule has 2 unspecified atom stereocenters. The fourth-order valence-electron chi connectivity index (χ4n) is 5.24. The molecule has 2 atom stereocenters. The van der Waals surface area contributed by atoms with E-state index in [0.717, 1.165) is 98.9 Å². The molecule has 0 fully saturated rings. The first-order chi connectivity index (χ1) is 18.5. The monoisotopic (exact) mass is 526 g/mol. The highest BCUT2D eigenvalue weighted by Gasteiger charge is 2.27. The Morgan fingerprint density at radius 3 is 1.50 bits per heavy atom. The van der Waals surface area contributed by atoms with E-state index in [0.29, 0.717) is 36.5 Å². The third-order valence-electron chi connectivity index (χ3n) is 7.76. The quantitative estimate of drug-likeness (QED) is 0.180. The second kappa shape index (κ2) is 15.6. The molecule has 0 aliphatic heterocycles. The number of ether oxygens (including phenoxy) is 4. The average molecular weight is 527 g/mol. The minimum atomic E-state index is -0.677. The number of hydrogen-bond acceptors (Lipinski definition) is 6. The number of hydrogen-bond donors (Lipinski definition) is 0. The Kier molecular flexibility index (Phi) is 12.2. The highest BCUT2D eigenvalue weighted by Crippen LogP contribution is 2.44. The summed E-state index contributed by atoms with van der Waals surface area (Å²) < 4.78 is 22.9. The lowest BCUT2D eigenvalue weighted by Crippen LogP contribution is -2.20. The van der Waals surface area contributed by atoms with Crippen LogP contribution in [0.5, 0.6) is 11.5 Å². The van der Waals surface area contributed by atoms with E-state index < -0.39 is 12.3 Å². The highest BCUT2D eigenvalue weighted by atomic mass is 16.7. The van der Waals surface area contributed by atoms with Gasteiger partial charge in [-0.15, -0.1) is 0 Å². The zero-order valence-corrected chi connectivity index (χ0v) is 23.8. The summed E-state index contributed by atoms with van der Waals surface area (Å²) in [5.41, 5.74) is 1.84. The van der Waals surface area contributed by atoms with E-state index in [2.05, 4.69) is 27.7 Å². The SMILES string of the molecule is CCCCC(CC)COC(=O)Oc1c2c(c(OC(=O)OCC(CC)CCCC)c3ccccc13)CCCC2. The van der Waals surface area contributed by atoms with E-state index in [1.807, 2.05) is 24.3 Å². The van der Waals surface area contributed by atoms with Crippen LogP contribution >= 0.6 is 0 Å². The first-order valence-electron chi connectivity index (χ1n) is 14.8. The van der Waals surface area contributed by atoms with Gasteiger partial charge in [-0.25, -0.2) is 9.59 Å². The summed E-state index contributed by atoms with van der Waals surface area (Å²) in [5.74, 6) is 1.72. The lowest BCUT2D eigenvalue weighted by molar-refractivity contribution is 0.0793. The number of unbranched alkanes of at least 4 members (excludes halogenated alkanes) is 2. The van der Waals surface area contributed by atoms with Crippen LogP contribution in [-0.2, 0) is 22.3 Å². The molecule has 0 saturated carbocycles. The Labute approximate surface area is 228 Å². The summed E-state index contributed by atoms with van der Waals surface area (Å²) in [6.45, 7) is 9.29. The van der Waals surface area contributed by atoms with Crippen LogP contribution in [0.15, 0.2) is 24.3 Å². The van der Waals surface area contributed by atoms with Gasteiger partial charge in [0.05, 0.1) is 13.2 Å². The predicted molar refractivity (Wildman–Crippen MR) is 151 cm³/mol. The fraction of sp³-hybridized carbons (Fsp3) is 0.625. The van der Waals surface area contributed by atoms with Crippen molar-refractivity contribution in [3.63, 3.8) is 0 Å². The van der Waals surface area contributed by atoms with E-state index in [1.165, 1.54) is 0 Å². The summed E-state index contributed by atoms with van der Waals surface area (Å²) in [7, 11) is 0.